The quantitative estimate of drug-likeness (QED) is 0.470. The molecule has 6 nitrogen and oxygen atoms in total. The Balaban J connectivity index is 1.89. The second-order valence-corrected chi connectivity index (χ2v) is 7.55. The molecule has 174 valence electrons. The van der Waals surface area contributed by atoms with Crippen molar-refractivity contribution in [3.05, 3.63) is 77.8 Å². The lowest BCUT2D eigenvalue weighted by Crippen LogP contribution is -2.54. The summed E-state index contributed by atoms with van der Waals surface area (Å²) in [6.45, 7) is 3.28. The van der Waals surface area contributed by atoms with E-state index >= 15 is 0 Å². The van der Waals surface area contributed by atoms with Gasteiger partial charge in [-0.05, 0) is 36.2 Å². The van der Waals surface area contributed by atoms with Crippen molar-refractivity contribution in [2.45, 2.75) is 32.2 Å². The van der Waals surface area contributed by atoms with Gasteiger partial charge in [0.25, 0.3) is 0 Å². The molecule has 0 saturated carbocycles. The number of carbonyl (C=O) groups excluding carboxylic acids is 3. The summed E-state index contributed by atoms with van der Waals surface area (Å²) in [5.41, 5.74) is -2.49. The van der Waals surface area contributed by atoms with E-state index in [2.05, 4.69) is 0 Å². The molecule has 0 saturated heterocycles. The van der Waals surface area contributed by atoms with Crippen LogP contribution in [0.1, 0.15) is 29.8 Å². The second-order valence-electron chi connectivity index (χ2n) is 7.55. The van der Waals surface area contributed by atoms with E-state index in [0.29, 0.717) is 12.1 Å². The molecule has 3 rings (SSSR count). The summed E-state index contributed by atoms with van der Waals surface area (Å²) in [6, 6.07) is 8.49. The average Bonchev–Trinajstić information content (AvgIpc) is 2.74. The number of esters is 1. The number of benzene rings is 2. The van der Waals surface area contributed by atoms with E-state index in [-0.39, 0.29) is 11.8 Å². The van der Waals surface area contributed by atoms with Crippen molar-refractivity contribution in [2.24, 2.45) is 5.92 Å². The van der Waals surface area contributed by atoms with Gasteiger partial charge in [0, 0.05) is 12.3 Å². The molecular weight excluding hydrogens is 446 g/mol. The minimum absolute atomic E-state index is 0.169. The first-order chi connectivity index (χ1) is 15.5. The first-order valence-corrected chi connectivity index (χ1v) is 9.84. The van der Waals surface area contributed by atoms with Gasteiger partial charge >= 0.3 is 18.2 Å². The average molecular weight is 465 g/mol. The van der Waals surface area contributed by atoms with Crippen LogP contribution in [0.3, 0.4) is 0 Å². The Hall–Kier alpha value is -3.69. The zero-order valence-electron chi connectivity index (χ0n) is 17.5. The van der Waals surface area contributed by atoms with Crippen LogP contribution in [0.15, 0.2) is 60.8 Å². The number of ketones is 1. The smallest absolute Gasteiger partial charge is 0.419 e. The number of hydrogen-bond acceptors (Lipinski definition) is 5. The lowest BCUT2D eigenvalue weighted by Gasteiger charge is -2.37. The van der Waals surface area contributed by atoms with Gasteiger partial charge in [0.05, 0.1) is 17.2 Å². The van der Waals surface area contributed by atoms with Crippen LogP contribution in [-0.2, 0) is 15.7 Å². The van der Waals surface area contributed by atoms with Crippen molar-refractivity contribution in [3.8, 4) is 5.75 Å². The third kappa shape index (κ3) is 5.39. The Morgan fingerprint density at radius 3 is 2.33 bits per heavy atom. The van der Waals surface area contributed by atoms with E-state index in [1.807, 2.05) is 0 Å². The van der Waals surface area contributed by atoms with E-state index in [1.165, 1.54) is 18.3 Å². The van der Waals surface area contributed by atoms with Gasteiger partial charge in [0.2, 0.25) is 0 Å². The third-order valence-electron chi connectivity index (χ3n) is 4.89. The normalized spacial score (nSPS) is 18.4. The van der Waals surface area contributed by atoms with Crippen molar-refractivity contribution in [2.75, 3.05) is 0 Å². The van der Waals surface area contributed by atoms with Crippen LogP contribution < -0.4 is 4.74 Å². The minimum Gasteiger partial charge on any atom is -0.448 e. The van der Waals surface area contributed by atoms with Crippen molar-refractivity contribution in [3.63, 3.8) is 0 Å². The van der Waals surface area contributed by atoms with Gasteiger partial charge in [-0.2, -0.15) is 13.2 Å². The molecule has 0 N–H and O–H groups in total. The lowest BCUT2D eigenvalue weighted by molar-refractivity contribution is -0.138. The standard InChI is InChI=1S/C23H19F4NO5/c1-13(2)19-20(33-21(30)16-9-8-14(24)12-17(16)23(25,26)27)18(29)10-11-28(19)22(31)32-15-6-4-3-5-7-15/h3-13,19-20H,1-2H3/t19-,20+/m1/s1. The predicted molar refractivity (Wildman–Crippen MR) is 108 cm³/mol. The first-order valence-electron chi connectivity index (χ1n) is 9.84. The number of halogens is 4. The summed E-state index contributed by atoms with van der Waals surface area (Å²) in [5.74, 6) is -3.62. The van der Waals surface area contributed by atoms with Crippen LogP contribution in [0.25, 0.3) is 0 Å². The molecule has 0 spiro atoms. The molecule has 1 aliphatic heterocycles. The van der Waals surface area contributed by atoms with Crippen LogP contribution in [0.5, 0.6) is 5.75 Å². The Morgan fingerprint density at radius 2 is 1.73 bits per heavy atom. The van der Waals surface area contributed by atoms with Crippen molar-refractivity contribution < 1.29 is 41.4 Å². The Labute approximate surface area is 186 Å². The Morgan fingerprint density at radius 1 is 1.06 bits per heavy atom. The van der Waals surface area contributed by atoms with Gasteiger partial charge in [0.15, 0.2) is 11.9 Å². The fraction of sp³-hybridized carbons (Fsp3) is 0.261. The summed E-state index contributed by atoms with van der Waals surface area (Å²) in [5, 5.41) is 0. The molecule has 1 heterocycles. The maximum atomic E-state index is 13.4. The van der Waals surface area contributed by atoms with E-state index < -0.39 is 59.0 Å². The van der Waals surface area contributed by atoms with Crippen molar-refractivity contribution in [1.29, 1.82) is 0 Å². The van der Waals surface area contributed by atoms with E-state index in [9.17, 15) is 31.9 Å². The summed E-state index contributed by atoms with van der Waals surface area (Å²) in [4.78, 5) is 38.9. The molecule has 0 unspecified atom stereocenters. The molecule has 0 bridgehead atoms. The molecule has 2 aromatic carbocycles. The van der Waals surface area contributed by atoms with Crippen LogP contribution in [0.4, 0.5) is 22.4 Å². The highest BCUT2D eigenvalue weighted by molar-refractivity contribution is 5.99. The lowest BCUT2D eigenvalue weighted by atomic mass is 9.92. The highest BCUT2D eigenvalue weighted by Gasteiger charge is 2.43. The number of hydrogen-bond donors (Lipinski definition) is 0. The van der Waals surface area contributed by atoms with Crippen LogP contribution >= 0.6 is 0 Å². The molecule has 0 fully saturated rings. The van der Waals surface area contributed by atoms with Gasteiger partial charge in [-0.15, -0.1) is 0 Å². The molecule has 10 heteroatoms. The highest BCUT2D eigenvalue weighted by Crippen LogP contribution is 2.34. The first kappa shape index (κ1) is 24.0. The zero-order valence-corrected chi connectivity index (χ0v) is 17.5. The van der Waals surface area contributed by atoms with E-state index in [0.717, 1.165) is 11.0 Å². The summed E-state index contributed by atoms with van der Waals surface area (Å²) in [6.07, 6.45) is -5.37. The maximum Gasteiger partial charge on any atom is 0.419 e. The number of ether oxygens (including phenoxy) is 2. The zero-order chi connectivity index (χ0) is 24.3. The van der Waals surface area contributed by atoms with Crippen LogP contribution in [0.2, 0.25) is 0 Å². The number of amides is 1. The molecule has 0 aliphatic carbocycles. The monoisotopic (exact) mass is 465 g/mol. The molecule has 2 aromatic rings. The predicted octanol–water partition coefficient (Wildman–Crippen LogP) is 4.99. The highest BCUT2D eigenvalue weighted by atomic mass is 19.4. The second kappa shape index (κ2) is 9.43. The van der Waals surface area contributed by atoms with Gasteiger partial charge in [-0.25, -0.2) is 14.0 Å². The molecule has 2 atom stereocenters. The number of rotatable bonds is 4. The van der Waals surface area contributed by atoms with Gasteiger partial charge < -0.3 is 9.47 Å². The largest absolute Gasteiger partial charge is 0.448 e. The van der Waals surface area contributed by atoms with Crippen LogP contribution in [-0.4, -0.2) is 34.9 Å². The van der Waals surface area contributed by atoms with Gasteiger partial charge in [-0.1, -0.05) is 32.0 Å². The summed E-state index contributed by atoms with van der Waals surface area (Å²) in [7, 11) is 0. The fourth-order valence-corrected chi connectivity index (χ4v) is 3.39. The summed E-state index contributed by atoms with van der Waals surface area (Å²) >= 11 is 0. The number of para-hydroxylation sites is 1. The minimum atomic E-state index is -5.03. The van der Waals surface area contributed by atoms with Crippen molar-refractivity contribution in [1.82, 2.24) is 4.90 Å². The Bertz CT molecular complexity index is 1080. The van der Waals surface area contributed by atoms with E-state index in [1.54, 1.807) is 32.0 Å². The van der Waals surface area contributed by atoms with Crippen LogP contribution in [0, 0.1) is 11.7 Å². The number of carbonyl (C=O) groups is 3. The molecule has 1 amide bonds. The molecule has 1 aliphatic rings. The molecule has 0 radical (unpaired) electrons. The Kier molecular flexibility index (Phi) is 6.85. The number of nitrogens with zero attached hydrogens (tertiary/aromatic N) is 1. The number of alkyl halides is 3. The van der Waals surface area contributed by atoms with Crippen molar-refractivity contribution >= 4 is 17.8 Å². The third-order valence-corrected chi connectivity index (χ3v) is 4.89. The molecule has 33 heavy (non-hydrogen) atoms. The molecular formula is C23H19F4NO5. The van der Waals surface area contributed by atoms with Gasteiger partial charge in [-0.3, -0.25) is 9.69 Å². The van der Waals surface area contributed by atoms with Gasteiger partial charge in [0.1, 0.15) is 11.6 Å². The fourth-order valence-electron chi connectivity index (χ4n) is 3.39. The SMILES string of the molecule is CC(C)[C@@H]1[C@@H](OC(=O)c2ccc(F)cc2C(F)(F)F)C(=O)C=CN1C(=O)Oc1ccccc1. The topological polar surface area (TPSA) is 72.9 Å². The molecule has 0 aromatic heterocycles. The van der Waals surface area contributed by atoms with E-state index in [4.69, 9.17) is 9.47 Å². The summed E-state index contributed by atoms with van der Waals surface area (Å²) < 4.78 is 63.7. The maximum absolute atomic E-state index is 13.4.